The summed E-state index contributed by atoms with van der Waals surface area (Å²) >= 11 is 2.64. The number of esters is 1. The molecule has 0 unspecified atom stereocenters. The Morgan fingerprint density at radius 2 is 1.72 bits per heavy atom. The lowest BCUT2D eigenvalue weighted by Crippen LogP contribution is -2.25. The maximum absolute atomic E-state index is 13.6. The van der Waals surface area contributed by atoms with Crippen molar-refractivity contribution in [3.8, 4) is 22.9 Å². The largest absolute Gasteiger partial charge is 0.497 e. The Bertz CT molecular complexity index is 1750. The second-order valence-electron chi connectivity index (χ2n) is 10.6. The molecule has 47 heavy (non-hydrogen) atoms. The van der Waals surface area contributed by atoms with E-state index in [1.165, 1.54) is 37.3 Å². The number of hydrogen-bond donors (Lipinski definition) is 2. The number of methoxy groups -OCH3 is 3. The molecule has 14 heteroatoms. The fourth-order valence-electron chi connectivity index (χ4n) is 5.25. The van der Waals surface area contributed by atoms with Gasteiger partial charge in [-0.1, -0.05) is 23.9 Å². The van der Waals surface area contributed by atoms with Crippen LogP contribution in [0.2, 0.25) is 0 Å². The molecule has 0 spiro atoms. The summed E-state index contributed by atoms with van der Waals surface area (Å²) in [5.74, 6) is 0.857. The molecule has 1 aliphatic rings. The Morgan fingerprint density at radius 3 is 2.43 bits per heavy atom. The Hall–Kier alpha value is -4.56. The summed E-state index contributed by atoms with van der Waals surface area (Å²) in [5, 5.41) is 15.0. The van der Waals surface area contributed by atoms with Crippen LogP contribution in [0.5, 0.6) is 17.2 Å². The normalized spacial score (nSPS) is 12.9. The van der Waals surface area contributed by atoms with Crippen molar-refractivity contribution in [1.29, 1.82) is 0 Å². The van der Waals surface area contributed by atoms with Crippen LogP contribution in [0.1, 0.15) is 63.7 Å². The van der Waals surface area contributed by atoms with E-state index in [0.29, 0.717) is 50.0 Å². The molecule has 0 aliphatic heterocycles. The first-order chi connectivity index (χ1) is 22.8. The molecule has 0 saturated carbocycles. The lowest BCUT2D eigenvalue weighted by molar-refractivity contribution is -0.115. The van der Waals surface area contributed by atoms with Crippen LogP contribution in [0.4, 0.5) is 5.00 Å². The molecule has 2 N–H and O–H groups in total. The van der Waals surface area contributed by atoms with Crippen LogP contribution in [0.3, 0.4) is 0 Å². The number of anilines is 1. The highest BCUT2D eigenvalue weighted by molar-refractivity contribution is 8.00. The topological polar surface area (TPSA) is 143 Å². The zero-order valence-electron chi connectivity index (χ0n) is 26.9. The minimum absolute atomic E-state index is 0.0220. The number of aromatic nitrogens is 3. The van der Waals surface area contributed by atoms with Crippen LogP contribution in [0.25, 0.3) is 5.69 Å². The number of nitrogens with zero attached hydrogens (tertiary/aromatic N) is 3. The van der Waals surface area contributed by atoms with Crippen LogP contribution in [-0.4, -0.2) is 65.7 Å². The highest BCUT2D eigenvalue weighted by Gasteiger charge is 2.29. The van der Waals surface area contributed by atoms with Crippen LogP contribution >= 0.6 is 23.1 Å². The number of aryl methyl sites for hydroxylation is 1. The van der Waals surface area contributed by atoms with Gasteiger partial charge in [-0.2, -0.15) is 0 Å². The van der Waals surface area contributed by atoms with E-state index in [1.807, 2.05) is 18.2 Å². The van der Waals surface area contributed by atoms with Gasteiger partial charge in [-0.15, -0.1) is 21.5 Å². The van der Waals surface area contributed by atoms with Crippen molar-refractivity contribution >= 4 is 45.9 Å². The first kappa shape index (κ1) is 33.8. The van der Waals surface area contributed by atoms with Crippen molar-refractivity contribution < 1.29 is 33.3 Å². The molecule has 1 aliphatic carbocycles. The number of ether oxygens (including phenoxy) is 4. The number of rotatable bonds is 13. The van der Waals surface area contributed by atoms with Gasteiger partial charge in [-0.05, 0) is 69.4 Å². The Morgan fingerprint density at radius 1 is 1.00 bits per heavy atom. The molecule has 2 amide bonds. The van der Waals surface area contributed by atoms with Crippen LogP contribution in [0, 0.1) is 0 Å². The maximum Gasteiger partial charge on any atom is 0.341 e. The van der Waals surface area contributed by atoms with E-state index in [2.05, 4.69) is 20.8 Å². The van der Waals surface area contributed by atoms with Gasteiger partial charge in [0.2, 0.25) is 5.91 Å². The summed E-state index contributed by atoms with van der Waals surface area (Å²) < 4.78 is 23.3. The van der Waals surface area contributed by atoms with Crippen molar-refractivity contribution in [1.82, 2.24) is 20.1 Å². The van der Waals surface area contributed by atoms with Crippen LogP contribution in [0.15, 0.2) is 47.6 Å². The van der Waals surface area contributed by atoms with E-state index in [4.69, 9.17) is 18.9 Å². The van der Waals surface area contributed by atoms with Gasteiger partial charge in [0, 0.05) is 16.5 Å². The monoisotopic (exact) mass is 679 g/mol. The van der Waals surface area contributed by atoms with Gasteiger partial charge in [-0.3, -0.25) is 14.2 Å². The van der Waals surface area contributed by atoms with Crippen molar-refractivity contribution in [3.63, 3.8) is 0 Å². The van der Waals surface area contributed by atoms with E-state index in [1.54, 1.807) is 49.8 Å². The van der Waals surface area contributed by atoms with Gasteiger partial charge >= 0.3 is 5.97 Å². The number of thioether (sulfide) groups is 1. The highest BCUT2D eigenvalue weighted by atomic mass is 32.2. The minimum Gasteiger partial charge on any atom is -0.497 e. The quantitative estimate of drug-likeness (QED) is 0.138. The predicted molar refractivity (Wildman–Crippen MR) is 179 cm³/mol. The summed E-state index contributed by atoms with van der Waals surface area (Å²) in [6.07, 6.45) is 3.70. The van der Waals surface area contributed by atoms with Crippen LogP contribution < -0.4 is 24.8 Å². The fraction of sp³-hybridized carbons (Fsp3) is 0.364. The number of para-hydroxylation sites is 2. The number of nitrogens with one attached hydrogen (secondary N) is 2. The third-order valence-corrected chi connectivity index (χ3v) is 9.84. The highest BCUT2D eigenvalue weighted by Crippen LogP contribution is 2.39. The van der Waals surface area contributed by atoms with E-state index in [0.717, 1.165) is 36.1 Å². The van der Waals surface area contributed by atoms with Crippen molar-refractivity contribution in [3.05, 3.63) is 69.9 Å². The molecule has 12 nitrogen and oxygen atoms in total. The molecule has 5 rings (SSSR count). The molecular weight excluding hydrogens is 643 g/mol. The molecular formula is C33H37N5O7S2. The van der Waals surface area contributed by atoms with Crippen molar-refractivity contribution in [2.75, 3.05) is 33.3 Å². The molecule has 2 aromatic heterocycles. The van der Waals surface area contributed by atoms with E-state index in [9.17, 15) is 14.4 Å². The number of carbonyl (C=O) groups is 3. The van der Waals surface area contributed by atoms with Gasteiger partial charge < -0.3 is 29.6 Å². The van der Waals surface area contributed by atoms with Crippen LogP contribution in [-0.2, 0) is 28.9 Å². The number of thiophene rings is 1. The summed E-state index contributed by atoms with van der Waals surface area (Å²) in [4.78, 5) is 40.8. The lowest BCUT2D eigenvalue weighted by Gasteiger charge is -2.16. The van der Waals surface area contributed by atoms with E-state index >= 15 is 0 Å². The molecule has 2 heterocycles. The standard InChI is InChI=1S/C33H37N5O7S2/c1-6-45-32(41)28-23-11-7-10-14-26(23)47-31(28)35-29(39)19(2)46-33-37-36-27(38(33)24-12-8-9-13-25(24)44-5)18-34-30(40)20-15-21(42-3)17-22(16-20)43-4/h8-9,12-13,15-17,19H,6-7,10-11,14,18H2,1-5H3,(H,34,40)(H,35,39)/t19-/m1/s1. The summed E-state index contributed by atoms with van der Waals surface area (Å²) in [7, 11) is 4.59. The smallest absolute Gasteiger partial charge is 0.341 e. The molecule has 0 bridgehead atoms. The number of carbonyl (C=O) groups excluding carboxylic acids is 3. The zero-order valence-corrected chi connectivity index (χ0v) is 28.5. The first-order valence-corrected chi connectivity index (χ1v) is 16.9. The molecule has 0 saturated heterocycles. The Balaban J connectivity index is 1.39. The first-order valence-electron chi connectivity index (χ1n) is 15.2. The fourth-order valence-corrected chi connectivity index (χ4v) is 7.41. The lowest BCUT2D eigenvalue weighted by atomic mass is 9.95. The zero-order chi connectivity index (χ0) is 33.5. The van der Waals surface area contributed by atoms with Gasteiger partial charge in [0.15, 0.2) is 11.0 Å². The maximum atomic E-state index is 13.6. The van der Waals surface area contributed by atoms with Gasteiger partial charge in [-0.25, -0.2) is 4.79 Å². The molecule has 2 aromatic carbocycles. The number of amides is 2. The molecule has 4 aromatic rings. The van der Waals surface area contributed by atoms with Gasteiger partial charge in [0.25, 0.3) is 5.91 Å². The second-order valence-corrected chi connectivity index (χ2v) is 13.0. The summed E-state index contributed by atoms with van der Waals surface area (Å²) in [5.41, 5.74) is 2.42. The average Bonchev–Trinajstić information content (AvgIpc) is 3.67. The van der Waals surface area contributed by atoms with E-state index in [-0.39, 0.29) is 25.0 Å². The molecule has 1 atom stereocenters. The number of benzene rings is 2. The number of hydrogen-bond acceptors (Lipinski definition) is 11. The number of fused-ring (bicyclic) bond motifs is 1. The molecule has 0 radical (unpaired) electrons. The third-order valence-electron chi connectivity index (χ3n) is 7.59. The van der Waals surface area contributed by atoms with Crippen molar-refractivity contribution in [2.45, 2.75) is 56.5 Å². The third kappa shape index (κ3) is 7.54. The second kappa shape index (κ2) is 15.4. The predicted octanol–water partition coefficient (Wildman–Crippen LogP) is 5.46. The SMILES string of the molecule is CCOC(=O)c1c(NC(=O)[C@@H](C)Sc2nnc(CNC(=O)c3cc(OC)cc(OC)c3)n2-c2ccccc2OC)sc2c1CCCC2. The summed E-state index contributed by atoms with van der Waals surface area (Å²) in [6, 6.07) is 12.2. The summed E-state index contributed by atoms with van der Waals surface area (Å²) in [6.45, 7) is 3.80. The molecule has 0 fully saturated rings. The van der Waals surface area contributed by atoms with E-state index < -0.39 is 11.2 Å². The molecule has 248 valence electrons. The van der Waals surface area contributed by atoms with Gasteiger partial charge in [0.05, 0.1) is 51.0 Å². The van der Waals surface area contributed by atoms with Gasteiger partial charge in [0.1, 0.15) is 22.2 Å². The Kier molecular flexibility index (Phi) is 11.0. The minimum atomic E-state index is -0.631. The van der Waals surface area contributed by atoms with Crippen molar-refractivity contribution in [2.24, 2.45) is 0 Å². The average molecular weight is 680 g/mol. The Labute approximate surface area is 281 Å².